The van der Waals surface area contributed by atoms with E-state index < -0.39 is 5.60 Å². The summed E-state index contributed by atoms with van der Waals surface area (Å²) in [4.78, 5) is 0. The molecule has 0 radical (unpaired) electrons. The van der Waals surface area contributed by atoms with Crippen LogP contribution in [0.1, 0.15) is 51.1 Å². The summed E-state index contributed by atoms with van der Waals surface area (Å²) in [6.07, 6.45) is 9.48. The molecule has 1 aromatic heterocycles. The fraction of sp³-hybridized carbons (Fsp3) is 0.786. The molecule has 2 rings (SSSR count). The predicted molar refractivity (Wildman–Crippen MR) is 68.7 cm³/mol. The topological polar surface area (TPSA) is 38.0 Å². The summed E-state index contributed by atoms with van der Waals surface area (Å²) in [5, 5.41) is 14.9. The molecule has 0 aromatic carbocycles. The van der Waals surface area contributed by atoms with Crippen LogP contribution in [0.3, 0.4) is 0 Å². The van der Waals surface area contributed by atoms with Crippen molar-refractivity contribution in [1.29, 1.82) is 0 Å². The van der Waals surface area contributed by atoms with Crippen LogP contribution in [0.5, 0.6) is 0 Å². The Balaban J connectivity index is 1.89. The zero-order valence-corrected chi connectivity index (χ0v) is 11.0. The molecule has 0 unspecified atom stereocenters. The third-order valence-corrected chi connectivity index (χ3v) is 4.01. The van der Waals surface area contributed by atoms with Gasteiger partial charge in [0.2, 0.25) is 0 Å². The summed E-state index contributed by atoms with van der Waals surface area (Å²) in [6, 6.07) is 2.01. The molecule has 1 aromatic rings. The van der Waals surface area contributed by atoms with E-state index in [-0.39, 0.29) is 0 Å². The van der Waals surface area contributed by atoms with Gasteiger partial charge in [-0.1, -0.05) is 19.8 Å². The third-order valence-electron chi connectivity index (χ3n) is 4.01. The standard InChI is InChI=1S/C14H24N2O/c1-3-4-12-5-8-14(17,9-6-12)11-13-7-10-16(2)15-13/h7,10,12,17H,3-6,8-9,11H2,1-2H3. The number of aromatic nitrogens is 2. The van der Waals surface area contributed by atoms with Crippen LogP contribution in [0.4, 0.5) is 0 Å². The van der Waals surface area contributed by atoms with Crippen LogP contribution in [0.2, 0.25) is 0 Å². The molecule has 0 aliphatic heterocycles. The van der Waals surface area contributed by atoms with Crippen molar-refractivity contribution in [2.24, 2.45) is 13.0 Å². The van der Waals surface area contributed by atoms with Crippen molar-refractivity contribution in [3.05, 3.63) is 18.0 Å². The molecule has 0 amide bonds. The molecule has 0 atom stereocenters. The van der Waals surface area contributed by atoms with E-state index >= 15 is 0 Å². The van der Waals surface area contributed by atoms with Crippen LogP contribution < -0.4 is 0 Å². The van der Waals surface area contributed by atoms with Gasteiger partial charge < -0.3 is 5.11 Å². The highest BCUT2D eigenvalue weighted by Crippen LogP contribution is 2.36. The first-order valence-electron chi connectivity index (χ1n) is 6.82. The Morgan fingerprint density at radius 2 is 2.18 bits per heavy atom. The van der Waals surface area contributed by atoms with Crippen molar-refractivity contribution in [1.82, 2.24) is 9.78 Å². The van der Waals surface area contributed by atoms with E-state index in [0.717, 1.165) is 24.5 Å². The summed E-state index contributed by atoms with van der Waals surface area (Å²) in [5.74, 6) is 0.837. The van der Waals surface area contributed by atoms with E-state index in [2.05, 4.69) is 12.0 Å². The predicted octanol–water partition coefficient (Wildman–Crippen LogP) is 2.68. The second-order valence-electron chi connectivity index (χ2n) is 5.61. The molecule has 1 aliphatic carbocycles. The van der Waals surface area contributed by atoms with Gasteiger partial charge in [-0.3, -0.25) is 4.68 Å². The lowest BCUT2D eigenvalue weighted by molar-refractivity contribution is -0.0107. The molecule has 1 saturated carbocycles. The van der Waals surface area contributed by atoms with Crippen molar-refractivity contribution >= 4 is 0 Å². The first kappa shape index (κ1) is 12.6. The molecule has 96 valence electrons. The van der Waals surface area contributed by atoms with Gasteiger partial charge in [0.1, 0.15) is 0 Å². The number of aliphatic hydroxyl groups is 1. The number of rotatable bonds is 4. The summed E-state index contributed by atoms with van der Waals surface area (Å²) in [7, 11) is 1.92. The normalized spacial score (nSPS) is 29.5. The minimum atomic E-state index is -0.501. The molecule has 1 N–H and O–H groups in total. The lowest BCUT2D eigenvalue weighted by Gasteiger charge is -2.35. The maximum Gasteiger partial charge on any atom is 0.0703 e. The molecule has 0 spiro atoms. The molecule has 1 aliphatic rings. The number of nitrogens with zero attached hydrogens (tertiary/aromatic N) is 2. The van der Waals surface area contributed by atoms with Crippen LogP contribution in [0.15, 0.2) is 12.3 Å². The Bertz CT molecular complexity index is 351. The Morgan fingerprint density at radius 1 is 1.47 bits per heavy atom. The lowest BCUT2D eigenvalue weighted by atomic mass is 9.75. The molecule has 0 bridgehead atoms. The van der Waals surface area contributed by atoms with E-state index in [1.165, 1.54) is 25.7 Å². The molecule has 3 heteroatoms. The van der Waals surface area contributed by atoms with Crippen LogP contribution in [0, 0.1) is 5.92 Å². The zero-order chi connectivity index (χ0) is 12.3. The van der Waals surface area contributed by atoms with E-state index in [4.69, 9.17) is 0 Å². The minimum absolute atomic E-state index is 0.501. The van der Waals surface area contributed by atoms with Crippen molar-refractivity contribution < 1.29 is 5.11 Å². The monoisotopic (exact) mass is 236 g/mol. The van der Waals surface area contributed by atoms with Gasteiger partial charge in [0.05, 0.1) is 11.3 Å². The first-order valence-corrected chi connectivity index (χ1v) is 6.82. The third kappa shape index (κ3) is 3.32. The van der Waals surface area contributed by atoms with Gasteiger partial charge >= 0.3 is 0 Å². The van der Waals surface area contributed by atoms with E-state index in [0.29, 0.717) is 6.42 Å². The first-order chi connectivity index (χ1) is 8.11. The second kappa shape index (κ2) is 5.21. The molecule has 1 fully saturated rings. The number of hydrogen-bond donors (Lipinski definition) is 1. The van der Waals surface area contributed by atoms with E-state index in [1.807, 2.05) is 19.3 Å². The maximum atomic E-state index is 10.6. The number of aryl methyl sites for hydroxylation is 1. The molecule has 1 heterocycles. The highest BCUT2D eigenvalue weighted by Gasteiger charge is 2.33. The second-order valence-corrected chi connectivity index (χ2v) is 5.61. The highest BCUT2D eigenvalue weighted by molar-refractivity contribution is 5.04. The fourth-order valence-electron chi connectivity index (χ4n) is 2.98. The van der Waals surface area contributed by atoms with Gasteiger partial charge in [-0.2, -0.15) is 5.10 Å². The Hall–Kier alpha value is -0.830. The van der Waals surface area contributed by atoms with Gasteiger partial charge in [-0.15, -0.1) is 0 Å². The van der Waals surface area contributed by atoms with Gasteiger partial charge in [0.15, 0.2) is 0 Å². The quantitative estimate of drug-likeness (QED) is 0.873. The Kier molecular flexibility index (Phi) is 3.87. The van der Waals surface area contributed by atoms with Crippen LogP contribution in [-0.4, -0.2) is 20.5 Å². The van der Waals surface area contributed by atoms with Crippen LogP contribution in [-0.2, 0) is 13.5 Å². The maximum absolute atomic E-state index is 10.6. The zero-order valence-electron chi connectivity index (χ0n) is 11.0. The molecule has 0 saturated heterocycles. The Morgan fingerprint density at radius 3 is 2.71 bits per heavy atom. The average Bonchev–Trinajstić information content (AvgIpc) is 2.68. The van der Waals surface area contributed by atoms with E-state index in [1.54, 1.807) is 4.68 Å². The lowest BCUT2D eigenvalue weighted by Crippen LogP contribution is -2.36. The molecular formula is C14H24N2O. The van der Waals surface area contributed by atoms with Crippen LogP contribution in [0.25, 0.3) is 0 Å². The van der Waals surface area contributed by atoms with Gasteiger partial charge in [0.25, 0.3) is 0 Å². The Labute approximate surface area is 104 Å². The van der Waals surface area contributed by atoms with Gasteiger partial charge in [-0.05, 0) is 37.7 Å². The minimum Gasteiger partial charge on any atom is -0.389 e. The van der Waals surface area contributed by atoms with Crippen LogP contribution >= 0.6 is 0 Å². The van der Waals surface area contributed by atoms with Gasteiger partial charge in [0, 0.05) is 19.7 Å². The van der Waals surface area contributed by atoms with Crippen molar-refractivity contribution in [2.45, 2.75) is 57.5 Å². The van der Waals surface area contributed by atoms with Crippen molar-refractivity contribution in [2.75, 3.05) is 0 Å². The van der Waals surface area contributed by atoms with Gasteiger partial charge in [-0.25, -0.2) is 0 Å². The summed E-state index contributed by atoms with van der Waals surface area (Å²) < 4.78 is 1.81. The average molecular weight is 236 g/mol. The summed E-state index contributed by atoms with van der Waals surface area (Å²) >= 11 is 0. The largest absolute Gasteiger partial charge is 0.389 e. The van der Waals surface area contributed by atoms with Crippen molar-refractivity contribution in [3.8, 4) is 0 Å². The number of hydrogen-bond acceptors (Lipinski definition) is 2. The smallest absolute Gasteiger partial charge is 0.0703 e. The van der Waals surface area contributed by atoms with Crippen molar-refractivity contribution in [3.63, 3.8) is 0 Å². The SMILES string of the molecule is CCCC1CCC(O)(Cc2ccn(C)n2)CC1. The fourth-order valence-corrected chi connectivity index (χ4v) is 2.98. The molecule has 3 nitrogen and oxygen atoms in total. The summed E-state index contributed by atoms with van der Waals surface area (Å²) in [6.45, 7) is 2.24. The molecule has 17 heavy (non-hydrogen) atoms. The highest BCUT2D eigenvalue weighted by atomic mass is 16.3. The molecular weight excluding hydrogens is 212 g/mol. The van der Waals surface area contributed by atoms with E-state index in [9.17, 15) is 5.11 Å². The summed E-state index contributed by atoms with van der Waals surface area (Å²) in [5.41, 5.74) is 0.516.